The minimum Gasteiger partial charge on any atom is -0.444 e. The minimum atomic E-state index is -0.526. The highest BCUT2D eigenvalue weighted by atomic mass is 16.7. The van der Waals surface area contributed by atoms with Gasteiger partial charge in [-0.3, -0.25) is 4.68 Å². The third-order valence-corrected chi connectivity index (χ3v) is 4.27. The van der Waals surface area contributed by atoms with E-state index in [1.54, 1.807) is 4.68 Å². The van der Waals surface area contributed by atoms with E-state index < -0.39 is 30.0 Å². The van der Waals surface area contributed by atoms with Crippen molar-refractivity contribution in [3.63, 3.8) is 0 Å². The van der Waals surface area contributed by atoms with Crippen molar-refractivity contribution in [2.75, 3.05) is 0 Å². The lowest BCUT2D eigenvalue weighted by molar-refractivity contribution is 0.00578. The number of nitrogens with one attached hydrogen (secondary N) is 1. The van der Waals surface area contributed by atoms with Crippen molar-refractivity contribution in [3.05, 3.63) is 11.8 Å². The van der Waals surface area contributed by atoms with E-state index in [2.05, 4.69) is 10.4 Å². The number of rotatable bonds is 3. The van der Waals surface area contributed by atoms with Gasteiger partial charge in [-0.05, 0) is 54.5 Å². The number of ether oxygens (including phenoxy) is 1. The van der Waals surface area contributed by atoms with Crippen molar-refractivity contribution in [2.45, 2.75) is 71.8 Å². The smallest absolute Gasteiger partial charge is 0.444 e. The molecular formula is C16H28BN3O4. The molecule has 1 aromatic rings. The summed E-state index contributed by atoms with van der Waals surface area (Å²) in [5, 5.41) is 7.11. The van der Waals surface area contributed by atoms with E-state index >= 15 is 0 Å². The van der Waals surface area contributed by atoms with Gasteiger partial charge < -0.3 is 19.4 Å². The molecule has 0 radical (unpaired) electrons. The molecule has 0 atom stereocenters. The van der Waals surface area contributed by atoms with Gasteiger partial charge in [-0.2, -0.15) is 5.10 Å². The van der Waals surface area contributed by atoms with Crippen molar-refractivity contribution < 1.29 is 18.8 Å². The van der Waals surface area contributed by atoms with Crippen molar-refractivity contribution >= 4 is 18.8 Å². The van der Waals surface area contributed by atoms with Gasteiger partial charge in [0.1, 0.15) is 5.60 Å². The van der Waals surface area contributed by atoms with Crippen molar-refractivity contribution in [2.24, 2.45) is 7.05 Å². The molecule has 0 unspecified atom stereocenters. The molecule has 24 heavy (non-hydrogen) atoms. The Morgan fingerprint density at radius 2 is 1.83 bits per heavy atom. The Morgan fingerprint density at radius 1 is 1.29 bits per heavy atom. The molecule has 134 valence electrons. The molecule has 8 heteroatoms. The fraction of sp³-hybridized carbons (Fsp3) is 0.750. The first kappa shape index (κ1) is 18.8. The number of aromatic nitrogens is 2. The fourth-order valence-corrected chi connectivity index (χ4v) is 2.29. The van der Waals surface area contributed by atoms with Crippen LogP contribution in [-0.4, -0.2) is 39.8 Å². The van der Waals surface area contributed by atoms with Gasteiger partial charge in [-0.15, -0.1) is 0 Å². The average Bonchev–Trinajstić information content (AvgIpc) is 2.83. The molecule has 1 fully saturated rings. The van der Waals surface area contributed by atoms with Gasteiger partial charge in [0.15, 0.2) is 0 Å². The zero-order valence-electron chi connectivity index (χ0n) is 15.9. The first-order valence-corrected chi connectivity index (χ1v) is 8.16. The van der Waals surface area contributed by atoms with Crippen molar-refractivity contribution in [3.8, 4) is 0 Å². The second kappa shape index (κ2) is 6.08. The van der Waals surface area contributed by atoms with Crippen LogP contribution in [0.2, 0.25) is 0 Å². The number of amides is 1. The number of nitrogens with zero attached hydrogens (tertiary/aromatic N) is 2. The monoisotopic (exact) mass is 337 g/mol. The Bertz CT molecular complexity index is 603. The molecule has 1 aromatic heterocycles. The van der Waals surface area contributed by atoms with Gasteiger partial charge in [-0.1, -0.05) is 0 Å². The minimum absolute atomic E-state index is 0.280. The Labute approximate surface area is 144 Å². The predicted octanol–water partition coefficient (Wildman–Crippen LogP) is 1.74. The Morgan fingerprint density at radius 3 is 2.33 bits per heavy atom. The summed E-state index contributed by atoms with van der Waals surface area (Å²) < 4.78 is 19.0. The molecule has 7 nitrogen and oxygen atoms in total. The van der Waals surface area contributed by atoms with E-state index in [0.717, 1.165) is 5.59 Å². The van der Waals surface area contributed by atoms with E-state index in [1.165, 1.54) is 0 Å². The molecule has 0 bridgehead atoms. The van der Waals surface area contributed by atoms with Crippen LogP contribution >= 0.6 is 0 Å². The predicted molar refractivity (Wildman–Crippen MR) is 92.0 cm³/mol. The van der Waals surface area contributed by atoms with Gasteiger partial charge in [0.05, 0.1) is 29.0 Å². The number of hydrogen-bond acceptors (Lipinski definition) is 5. The maximum Gasteiger partial charge on any atom is 0.514 e. The summed E-state index contributed by atoms with van der Waals surface area (Å²) in [6, 6.07) is 1.87. The molecule has 1 N–H and O–H groups in total. The SMILES string of the molecule is Cn1nc(CNC(=O)OC(C)(C)C)cc1B1OC(C)(C)C(C)(C)O1. The van der Waals surface area contributed by atoms with Gasteiger partial charge in [0.2, 0.25) is 0 Å². The molecule has 0 spiro atoms. The second-order valence-electron chi connectivity index (χ2n) is 8.13. The summed E-state index contributed by atoms with van der Waals surface area (Å²) in [5.74, 6) is 0. The molecule has 0 saturated carbocycles. The number of carbonyl (C=O) groups excluding carboxylic acids is 1. The van der Waals surface area contributed by atoms with Gasteiger partial charge in [-0.25, -0.2) is 4.79 Å². The maximum absolute atomic E-state index is 11.7. The second-order valence-corrected chi connectivity index (χ2v) is 8.13. The summed E-state index contributed by atoms with van der Waals surface area (Å²) in [4.78, 5) is 11.7. The lowest BCUT2D eigenvalue weighted by Gasteiger charge is -2.32. The maximum atomic E-state index is 11.7. The van der Waals surface area contributed by atoms with Gasteiger partial charge in [0.25, 0.3) is 0 Å². The quantitative estimate of drug-likeness (QED) is 0.851. The highest BCUT2D eigenvalue weighted by Gasteiger charge is 2.52. The number of aryl methyl sites for hydroxylation is 1. The Kier molecular flexibility index (Phi) is 4.76. The Hall–Kier alpha value is -1.54. The molecule has 1 saturated heterocycles. The standard InChI is InChI=1S/C16H28BN3O4/c1-14(2,3)22-13(21)18-10-11-9-12(20(8)19-11)17-23-15(4,5)16(6,7)24-17/h9H,10H2,1-8H3,(H,18,21). The first-order valence-electron chi connectivity index (χ1n) is 8.16. The van der Waals surface area contributed by atoms with Crippen LogP contribution in [0.3, 0.4) is 0 Å². The average molecular weight is 337 g/mol. The molecule has 2 heterocycles. The third kappa shape index (κ3) is 4.10. The fourth-order valence-electron chi connectivity index (χ4n) is 2.29. The van der Waals surface area contributed by atoms with E-state index in [9.17, 15) is 4.79 Å². The summed E-state index contributed by atoms with van der Waals surface area (Å²) in [7, 11) is 1.35. The van der Waals surface area contributed by atoms with Crippen LogP contribution in [-0.2, 0) is 27.6 Å². The number of hydrogen-bond donors (Lipinski definition) is 1. The van der Waals surface area contributed by atoms with E-state index in [4.69, 9.17) is 14.0 Å². The van der Waals surface area contributed by atoms with E-state index in [0.29, 0.717) is 5.69 Å². The summed E-state index contributed by atoms with van der Waals surface area (Å²) in [6.07, 6.45) is -0.467. The Balaban J connectivity index is 2.03. The molecule has 2 rings (SSSR count). The number of carbonyl (C=O) groups is 1. The van der Waals surface area contributed by atoms with Crippen molar-refractivity contribution in [1.29, 1.82) is 0 Å². The highest BCUT2D eigenvalue weighted by molar-refractivity contribution is 6.61. The van der Waals surface area contributed by atoms with Gasteiger partial charge in [0, 0.05) is 7.05 Å². The lowest BCUT2D eigenvalue weighted by atomic mass is 9.84. The van der Waals surface area contributed by atoms with Crippen LogP contribution < -0.4 is 10.9 Å². The molecule has 0 aromatic carbocycles. The topological polar surface area (TPSA) is 74.6 Å². The lowest BCUT2D eigenvalue weighted by Crippen LogP contribution is -2.41. The summed E-state index contributed by atoms with van der Waals surface area (Å²) >= 11 is 0. The van der Waals surface area contributed by atoms with E-state index in [1.807, 2.05) is 61.6 Å². The normalized spacial score (nSPS) is 19.4. The van der Waals surface area contributed by atoms with Crippen LogP contribution in [0.25, 0.3) is 0 Å². The largest absolute Gasteiger partial charge is 0.514 e. The highest BCUT2D eigenvalue weighted by Crippen LogP contribution is 2.36. The molecule has 1 amide bonds. The van der Waals surface area contributed by atoms with Crippen molar-refractivity contribution in [1.82, 2.24) is 15.1 Å². The van der Waals surface area contributed by atoms with Crippen LogP contribution in [0.4, 0.5) is 4.79 Å². The van der Waals surface area contributed by atoms with Crippen LogP contribution in [0.5, 0.6) is 0 Å². The van der Waals surface area contributed by atoms with Crippen LogP contribution in [0.1, 0.15) is 54.2 Å². The van der Waals surface area contributed by atoms with Crippen LogP contribution in [0, 0.1) is 0 Å². The summed E-state index contributed by atoms with van der Waals surface area (Å²) in [5.41, 5.74) is 0.193. The zero-order valence-corrected chi connectivity index (χ0v) is 15.9. The zero-order chi connectivity index (χ0) is 18.3. The number of alkyl carbamates (subject to hydrolysis) is 1. The molecule has 1 aliphatic heterocycles. The molecule has 1 aliphatic rings. The first-order chi connectivity index (χ1) is 10.8. The summed E-state index contributed by atoms with van der Waals surface area (Å²) in [6.45, 7) is 13.8. The van der Waals surface area contributed by atoms with E-state index in [-0.39, 0.29) is 6.54 Å². The molecular weight excluding hydrogens is 309 g/mol. The van der Waals surface area contributed by atoms with Gasteiger partial charge >= 0.3 is 13.2 Å². The third-order valence-electron chi connectivity index (χ3n) is 4.27. The molecule has 0 aliphatic carbocycles. The van der Waals surface area contributed by atoms with Crippen LogP contribution in [0.15, 0.2) is 6.07 Å².